The second-order valence-corrected chi connectivity index (χ2v) is 9.19. The quantitative estimate of drug-likeness (QED) is 0.508. The molecule has 5 nitrogen and oxygen atoms in total. The zero-order chi connectivity index (χ0) is 23.3. The van der Waals surface area contributed by atoms with Crippen molar-refractivity contribution in [1.82, 2.24) is 4.72 Å². The van der Waals surface area contributed by atoms with Gasteiger partial charge in [0.05, 0.1) is 10.5 Å². The minimum Gasteiger partial charge on any atom is -0.322 e. The molecular formula is C24H24F2N2O3S. The largest absolute Gasteiger partial charge is 0.322 e. The number of amides is 1. The summed E-state index contributed by atoms with van der Waals surface area (Å²) in [6, 6.07) is 16.2. The highest BCUT2D eigenvalue weighted by Crippen LogP contribution is 2.20. The molecule has 0 saturated heterocycles. The molecule has 0 bridgehead atoms. The number of carbonyl (C=O) groups is 1. The number of aryl methyl sites for hydroxylation is 1. The Bertz CT molecular complexity index is 1220. The van der Waals surface area contributed by atoms with Crippen LogP contribution in [-0.2, 0) is 16.4 Å². The lowest BCUT2D eigenvalue weighted by Crippen LogP contribution is -2.36. The highest BCUT2D eigenvalue weighted by atomic mass is 32.2. The lowest BCUT2D eigenvalue weighted by atomic mass is 10.1. The highest BCUT2D eigenvalue weighted by Gasteiger charge is 2.22. The number of hydrogen-bond acceptors (Lipinski definition) is 3. The van der Waals surface area contributed by atoms with Crippen LogP contribution in [0.15, 0.2) is 71.6 Å². The van der Waals surface area contributed by atoms with Crippen LogP contribution in [0.2, 0.25) is 0 Å². The van der Waals surface area contributed by atoms with E-state index in [9.17, 15) is 22.0 Å². The summed E-state index contributed by atoms with van der Waals surface area (Å²) < 4.78 is 56.5. The van der Waals surface area contributed by atoms with Crippen molar-refractivity contribution in [2.24, 2.45) is 0 Å². The molecule has 0 saturated carbocycles. The van der Waals surface area contributed by atoms with E-state index in [2.05, 4.69) is 10.0 Å². The maximum absolute atomic E-state index is 14.3. The zero-order valence-corrected chi connectivity index (χ0v) is 18.5. The monoisotopic (exact) mass is 458 g/mol. The highest BCUT2D eigenvalue weighted by molar-refractivity contribution is 7.89. The Morgan fingerprint density at radius 2 is 1.69 bits per heavy atom. The van der Waals surface area contributed by atoms with Crippen molar-refractivity contribution < 1.29 is 22.0 Å². The first-order chi connectivity index (χ1) is 15.2. The van der Waals surface area contributed by atoms with E-state index in [1.165, 1.54) is 12.1 Å². The third-order valence-corrected chi connectivity index (χ3v) is 6.58. The van der Waals surface area contributed by atoms with Crippen molar-refractivity contribution in [3.63, 3.8) is 0 Å². The molecule has 0 radical (unpaired) electrons. The summed E-state index contributed by atoms with van der Waals surface area (Å²) in [5.74, 6) is -2.28. The number of anilines is 1. The number of carbonyl (C=O) groups excluding carboxylic acids is 1. The van der Waals surface area contributed by atoms with Crippen LogP contribution in [0.1, 0.15) is 34.8 Å². The van der Waals surface area contributed by atoms with Gasteiger partial charge in [0.15, 0.2) is 0 Å². The Labute approximate surface area is 186 Å². The molecule has 0 aliphatic carbocycles. The molecule has 0 aromatic heterocycles. The average Bonchev–Trinajstić information content (AvgIpc) is 2.76. The van der Waals surface area contributed by atoms with Crippen molar-refractivity contribution in [1.29, 1.82) is 0 Å². The maximum Gasteiger partial charge on any atom is 0.258 e. The number of nitrogens with one attached hydrogen (secondary N) is 2. The summed E-state index contributed by atoms with van der Waals surface area (Å²) >= 11 is 0. The van der Waals surface area contributed by atoms with Gasteiger partial charge in [-0.3, -0.25) is 4.79 Å². The van der Waals surface area contributed by atoms with E-state index in [1.807, 2.05) is 37.3 Å². The molecule has 168 valence electrons. The normalized spacial score (nSPS) is 12.4. The lowest BCUT2D eigenvalue weighted by molar-refractivity contribution is 0.102. The van der Waals surface area contributed by atoms with Crippen LogP contribution >= 0.6 is 0 Å². The summed E-state index contributed by atoms with van der Waals surface area (Å²) in [4.78, 5) is 12.3. The maximum atomic E-state index is 14.3. The van der Waals surface area contributed by atoms with Crippen molar-refractivity contribution in [2.45, 2.75) is 37.6 Å². The minimum absolute atomic E-state index is 0.137. The van der Waals surface area contributed by atoms with Gasteiger partial charge in [-0.05, 0) is 61.2 Å². The molecule has 3 aromatic carbocycles. The van der Waals surface area contributed by atoms with E-state index >= 15 is 0 Å². The smallest absolute Gasteiger partial charge is 0.258 e. The first-order valence-electron chi connectivity index (χ1n) is 10.1. The standard InChI is InChI=1S/C24H24F2N2O3S/c1-3-18(13-17-7-5-4-6-8-17)28-32(30,31)20-11-12-22(25)21(15-20)24(29)27-19-10-9-16(2)23(26)14-19/h4-12,14-15,18,28H,3,13H2,1-2H3,(H,27,29)/t18-/m1/s1. The molecule has 32 heavy (non-hydrogen) atoms. The molecule has 1 amide bonds. The molecule has 0 aliphatic rings. The lowest BCUT2D eigenvalue weighted by Gasteiger charge is -2.18. The summed E-state index contributed by atoms with van der Waals surface area (Å²) in [6.45, 7) is 3.43. The van der Waals surface area contributed by atoms with Crippen molar-refractivity contribution in [2.75, 3.05) is 5.32 Å². The van der Waals surface area contributed by atoms with E-state index in [4.69, 9.17) is 0 Å². The van der Waals surface area contributed by atoms with E-state index in [0.29, 0.717) is 18.4 Å². The summed E-state index contributed by atoms with van der Waals surface area (Å²) in [6.07, 6.45) is 1.03. The predicted molar refractivity (Wildman–Crippen MR) is 120 cm³/mol. The average molecular weight is 459 g/mol. The first kappa shape index (κ1) is 23.6. The Hall–Kier alpha value is -3.10. The molecule has 0 fully saturated rings. The molecular weight excluding hydrogens is 434 g/mol. The SMILES string of the molecule is CC[C@H](Cc1ccccc1)NS(=O)(=O)c1ccc(F)c(C(=O)Nc2ccc(C)c(F)c2)c1. The number of rotatable bonds is 8. The van der Waals surface area contributed by atoms with E-state index in [1.54, 1.807) is 6.92 Å². The number of halogens is 2. The zero-order valence-electron chi connectivity index (χ0n) is 17.7. The van der Waals surface area contributed by atoms with Crippen LogP contribution in [0, 0.1) is 18.6 Å². The molecule has 0 spiro atoms. The van der Waals surface area contributed by atoms with Gasteiger partial charge in [-0.2, -0.15) is 0 Å². The Kier molecular flexibility index (Phi) is 7.37. The number of sulfonamides is 1. The fraction of sp³-hybridized carbons (Fsp3) is 0.208. The molecule has 1 atom stereocenters. The molecule has 2 N–H and O–H groups in total. The second-order valence-electron chi connectivity index (χ2n) is 7.48. The van der Waals surface area contributed by atoms with Crippen LogP contribution in [0.4, 0.5) is 14.5 Å². The van der Waals surface area contributed by atoms with Gasteiger partial charge in [-0.15, -0.1) is 0 Å². The molecule has 0 aliphatic heterocycles. The van der Waals surface area contributed by atoms with Crippen LogP contribution in [-0.4, -0.2) is 20.4 Å². The summed E-state index contributed by atoms with van der Waals surface area (Å²) in [7, 11) is -4.01. The molecule has 3 aromatic rings. The van der Waals surface area contributed by atoms with Gasteiger partial charge in [0.25, 0.3) is 5.91 Å². The van der Waals surface area contributed by atoms with Gasteiger partial charge < -0.3 is 5.32 Å². The summed E-state index contributed by atoms with van der Waals surface area (Å²) in [5, 5.41) is 2.40. The van der Waals surface area contributed by atoms with Crippen molar-refractivity contribution in [3.05, 3.63) is 95.1 Å². The Morgan fingerprint density at radius 1 is 0.969 bits per heavy atom. The number of benzene rings is 3. The van der Waals surface area contributed by atoms with Crippen LogP contribution in [0.3, 0.4) is 0 Å². The van der Waals surface area contributed by atoms with Crippen LogP contribution < -0.4 is 10.0 Å². The minimum atomic E-state index is -4.01. The van der Waals surface area contributed by atoms with Gasteiger partial charge in [0.1, 0.15) is 11.6 Å². The van der Waals surface area contributed by atoms with E-state index in [0.717, 1.165) is 29.8 Å². The molecule has 0 unspecified atom stereocenters. The van der Waals surface area contributed by atoms with Crippen LogP contribution in [0.25, 0.3) is 0 Å². The van der Waals surface area contributed by atoms with E-state index < -0.39 is 33.1 Å². The second kappa shape index (κ2) is 10.0. The third kappa shape index (κ3) is 5.77. The van der Waals surface area contributed by atoms with Gasteiger partial charge in [-0.25, -0.2) is 21.9 Å². The summed E-state index contributed by atoms with van der Waals surface area (Å²) in [5.41, 5.74) is 1.06. The van der Waals surface area contributed by atoms with Crippen molar-refractivity contribution >= 4 is 21.6 Å². The first-order valence-corrected chi connectivity index (χ1v) is 11.6. The topological polar surface area (TPSA) is 75.3 Å². The van der Waals surface area contributed by atoms with Gasteiger partial charge >= 0.3 is 0 Å². The van der Waals surface area contributed by atoms with Crippen molar-refractivity contribution in [3.8, 4) is 0 Å². The molecule has 3 rings (SSSR count). The number of hydrogen-bond donors (Lipinski definition) is 2. The predicted octanol–water partition coefficient (Wildman–Crippen LogP) is 4.83. The Balaban J connectivity index is 1.81. The van der Waals surface area contributed by atoms with Gasteiger partial charge in [0.2, 0.25) is 10.0 Å². The van der Waals surface area contributed by atoms with Gasteiger partial charge in [0, 0.05) is 11.7 Å². The fourth-order valence-electron chi connectivity index (χ4n) is 3.17. The fourth-order valence-corrected chi connectivity index (χ4v) is 4.52. The molecule has 8 heteroatoms. The van der Waals surface area contributed by atoms with E-state index in [-0.39, 0.29) is 16.6 Å². The third-order valence-electron chi connectivity index (χ3n) is 5.06. The Morgan fingerprint density at radius 3 is 2.34 bits per heavy atom. The van der Waals surface area contributed by atoms with Gasteiger partial charge in [-0.1, -0.05) is 43.3 Å². The molecule has 0 heterocycles. The van der Waals surface area contributed by atoms with Crippen LogP contribution in [0.5, 0.6) is 0 Å².